The molecule has 0 saturated heterocycles. The van der Waals surface area contributed by atoms with Crippen LogP contribution < -0.4 is 4.72 Å². The fourth-order valence-electron chi connectivity index (χ4n) is 1.94. The molecule has 0 radical (unpaired) electrons. The molecule has 1 heterocycles. The van der Waals surface area contributed by atoms with Crippen LogP contribution in [0.4, 0.5) is 0 Å². The zero-order valence-electron chi connectivity index (χ0n) is 12.3. The maximum Gasteiger partial charge on any atom is 0.352 e. The highest BCUT2D eigenvalue weighted by Gasteiger charge is 2.24. The fraction of sp³-hybridized carbons (Fsp3) is 0.615. The number of nitrogens with zero attached hydrogens (tertiary/aromatic N) is 1. The number of rotatable bonds is 7. The van der Waals surface area contributed by atoms with E-state index in [0.717, 1.165) is 0 Å². The molecule has 0 aliphatic rings. The summed E-state index contributed by atoms with van der Waals surface area (Å²) >= 11 is 0. The summed E-state index contributed by atoms with van der Waals surface area (Å²) in [5.74, 6) is -1.14. The van der Waals surface area contributed by atoms with Crippen LogP contribution in [0.15, 0.2) is 17.2 Å². The third-order valence-corrected chi connectivity index (χ3v) is 4.70. The lowest BCUT2D eigenvalue weighted by molar-refractivity contribution is 0.0683. The van der Waals surface area contributed by atoms with E-state index in [1.54, 1.807) is 13.8 Å². The van der Waals surface area contributed by atoms with Gasteiger partial charge in [0.2, 0.25) is 10.0 Å². The maximum absolute atomic E-state index is 12.3. The Morgan fingerprint density at radius 1 is 1.35 bits per heavy atom. The van der Waals surface area contributed by atoms with E-state index in [1.807, 2.05) is 13.8 Å². The minimum absolute atomic E-state index is 0.00417. The molecule has 0 amide bonds. The minimum atomic E-state index is -3.69. The van der Waals surface area contributed by atoms with Gasteiger partial charge in [-0.3, -0.25) is 0 Å². The number of carbonyl (C=O) groups is 1. The molecule has 2 N–H and O–H groups in total. The molecule has 0 fully saturated rings. The second-order valence-electron chi connectivity index (χ2n) is 5.00. The molecule has 0 unspecified atom stereocenters. The lowest BCUT2D eigenvalue weighted by atomic mass is 10.2. The minimum Gasteiger partial charge on any atom is -0.477 e. The number of aromatic carboxylic acids is 1. The Bertz CT molecular complexity index is 571. The second kappa shape index (κ2) is 6.41. The monoisotopic (exact) mass is 302 g/mol. The van der Waals surface area contributed by atoms with Gasteiger partial charge in [-0.15, -0.1) is 0 Å². The van der Waals surface area contributed by atoms with Crippen LogP contribution in [0.25, 0.3) is 0 Å². The predicted octanol–water partition coefficient (Wildman–Crippen LogP) is 2.23. The lowest BCUT2D eigenvalue weighted by Gasteiger charge is -2.14. The molecule has 0 atom stereocenters. The van der Waals surface area contributed by atoms with Crippen LogP contribution in [0.2, 0.25) is 0 Å². The molecule has 0 spiro atoms. The summed E-state index contributed by atoms with van der Waals surface area (Å²) in [6.07, 6.45) is 2.75. The summed E-state index contributed by atoms with van der Waals surface area (Å²) in [7, 11) is -3.69. The first-order valence-corrected chi connectivity index (χ1v) is 8.18. The van der Waals surface area contributed by atoms with Crippen molar-refractivity contribution in [2.75, 3.05) is 0 Å². The third kappa shape index (κ3) is 3.61. The molecule has 0 bridgehead atoms. The predicted molar refractivity (Wildman–Crippen MR) is 76.5 cm³/mol. The average Bonchev–Trinajstić information content (AvgIpc) is 2.82. The van der Waals surface area contributed by atoms with Crippen LogP contribution in [0.3, 0.4) is 0 Å². The molecule has 1 aromatic heterocycles. The smallest absolute Gasteiger partial charge is 0.352 e. The van der Waals surface area contributed by atoms with Crippen LogP contribution in [-0.4, -0.2) is 30.1 Å². The largest absolute Gasteiger partial charge is 0.477 e. The first kappa shape index (κ1) is 16.7. The fourth-order valence-corrected chi connectivity index (χ4v) is 3.37. The second-order valence-corrected chi connectivity index (χ2v) is 6.72. The summed E-state index contributed by atoms with van der Waals surface area (Å²) in [6, 6.07) is 0.932. The van der Waals surface area contributed by atoms with E-state index in [1.165, 1.54) is 16.8 Å². The van der Waals surface area contributed by atoms with Gasteiger partial charge < -0.3 is 9.67 Å². The number of sulfonamides is 1. The molecule has 0 aromatic carbocycles. The summed E-state index contributed by atoms with van der Waals surface area (Å²) in [5, 5.41) is 9.13. The van der Waals surface area contributed by atoms with Gasteiger partial charge in [0.25, 0.3) is 0 Å². The highest BCUT2D eigenvalue weighted by atomic mass is 32.2. The molecule has 0 aliphatic carbocycles. The highest BCUT2D eigenvalue weighted by molar-refractivity contribution is 7.89. The number of carboxylic acids is 1. The number of carboxylic acid groups (broad SMARTS) is 1. The van der Waals surface area contributed by atoms with Crippen molar-refractivity contribution in [3.63, 3.8) is 0 Å². The Morgan fingerprint density at radius 2 is 1.90 bits per heavy atom. The Kier molecular flexibility index (Phi) is 5.35. The lowest BCUT2D eigenvalue weighted by Crippen LogP contribution is -2.33. The molecule has 6 nitrogen and oxygen atoms in total. The molecule has 20 heavy (non-hydrogen) atoms. The topological polar surface area (TPSA) is 88.4 Å². The van der Waals surface area contributed by atoms with Gasteiger partial charge in [-0.1, -0.05) is 13.8 Å². The number of aromatic nitrogens is 1. The van der Waals surface area contributed by atoms with Gasteiger partial charge in [-0.05, 0) is 32.8 Å². The summed E-state index contributed by atoms with van der Waals surface area (Å²) in [6.45, 7) is 7.41. The Hall–Kier alpha value is -1.34. The van der Waals surface area contributed by atoms with Gasteiger partial charge in [-0.2, -0.15) is 0 Å². The van der Waals surface area contributed by atoms with E-state index in [9.17, 15) is 13.2 Å². The SMILES string of the molecule is CCC(CC)NS(=O)(=O)c1cc(C(=O)O)n(C(C)C)c1. The van der Waals surface area contributed by atoms with Crippen LogP contribution in [-0.2, 0) is 10.0 Å². The van der Waals surface area contributed by atoms with Gasteiger partial charge in [0.05, 0.1) is 0 Å². The first-order valence-electron chi connectivity index (χ1n) is 6.70. The van der Waals surface area contributed by atoms with E-state index < -0.39 is 16.0 Å². The summed E-state index contributed by atoms with van der Waals surface area (Å²) in [4.78, 5) is 11.2. The van der Waals surface area contributed by atoms with Crippen molar-refractivity contribution in [3.05, 3.63) is 18.0 Å². The molecule has 1 rings (SSSR count). The number of hydrogen-bond donors (Lipinski definition) is 2. The zero-order chi connectivity index (χ0) is 15.5. The number of nitrogens with one attached hydrogen (secondary N) is 1. The maximum atomic E-state index is 12.3. The zero-order valence-corrected chi connectivity index (χ0v) is 13.1. The molecule has 0 saturated carbocycles. The van der Waals surface area contributed by atoms with Crippen LogP contribution in [0.5, 0.6) is 0 Å². The van der Waals surface area contributed by atoms with Crippen molar-refractivity contribution in [2.24, 2.45) is 0 Å². The van der Waals surface area contributed by atoms with Crippen LogP contribution in [0, 0.1) is 0 Å². The Balaban J connectivity index is 3.19. The standard InChI is InChI=1S/C13H22N2O4S/c1-5-10(6-2)14-20(18,19)11-7-12(13(16)17)15(8-11)9(3)4/h7-10,14H,5-6H2,1-4H3,(H,16,17). The number of hydrogen-bond acceptors (Lipinski definition) is 3. The van der Waals surface area contributed by atoms with Gasteiger partial charge in [0.1, 0.15) is 10.6 Å². The van der Waals surface area contributed by atoms with Crippen molar-refractivity contribution >= 4 is 16.0 Å². The van der Waals surface area contributed by atoms with E-state index in [4.69, 9.17) is 5.11 Å². The van der Waals surface area contributed by atoms with E-state index in [-0.39, 0.29) is 22.7 Å². The van der Waals surface area contributed by atoms with Gasteiger partial charge >= 0.3 is 5.97 Å². The Labute approximate surface area is 119 Å². The van der Waals surface area contributed by atoms with Gasteiger partial charge in [0.15, 0.2) is 0 Å². The summed E-state index contributed by atoms with van der Waals surface area (Å²) < 4.78 is 28.5. The van der Waals surface area contributed by atoms with Gasteiger partial charge in [0, 0.05) is 18.3 Å². The average molecular weight is 302 g/mol. The van der Waals surface area contributed by atoms with Gasteiger partial charge in [-0.25, -0.2) is 17.9 Å². The molecule has 7 heteroatoms. The molecule has 114 valence electrons. The molecule has 1 aromatic rings. The van der Waals surface area contributed by atoms with Crippen molar-refractivity contribution in [3.8, 4) is 0 Å². The van der Waals surface area contributed by atoms with Crippen molar-refractivity contribution in [1.29, 1.82) is 0 Å². The van der Waals surface area contributed by atoms with E-state index in [0.29, 0.717) is 12.8 Å². The van der Waals surface area contributed by atoms with E-state index in [2.05, 4.69) is 4.72 Å². The van der Waals surface area contributed by atoms with Crippen molar-refractivity contribution in [2.45, 2.75) is 57.5 Å². The normalized spacial score (nSPS) is 12.3. The molecular weight excluding hydrogens is 280 g/mol. The van der Waals surface area contributed by atoms with Crippen molar-refractivity contribution in [1.82, 2.24) is 9.29 Å². The Morgan fingerprint density at radius 3 is 2.25 bits per heavy atom. The quantitative estimate of drug-likeness (QED) is 0.808. The molecular formula is C13H22N2O4S. The van der Waals surface area contributed by atoms with Crippen LogP contribution >= 0.6 is 0 Å². The van der Waals surface area contributed by atoms with E-state index >= 15 is 0 Å². The summed E-state index contributed by atoms with van der Waals surface area (Å²) in [5.41, 5.74) is -0.0232. The first-order chi connectivity index (χ1) is 9.22. The third-order valence-electron chi connectivity index (χ3n) is 3.22. The highest BCUT2D eigenvalue weighted by Crippen LogP contribution is 2.19. The molecule has 0 aliphatic heterocycles. The van der Waals surface area contributed by atoms with Crippen LogP contribution in [0.1, 0.15) is 57.1 Å². The van der Waals surface area contributed by atoms with Crippen molar-refractivity contribution < 1.29 is 18.3 Å².